The molecule has 0 saturated carbocycles. The number of hydrogen-bond acceptors (Lipinski definition) is 5. The van der Waals surface area contributed by atoms with E-state index in [1.54, 1.807) is 23.1 Å². The van der Waals surface area contributed by atoms with E-state index in [2.05, 4.69) is 5.32 Å². The third-order valence-electron chi connectivity index (χ3n) is 4.28. The van der Waals surface area contributed by atoms with E-state index in [0.717, 1.165) is 13.0 Å². The second-order valence-electron chi connectivity index (χ2n) is 5.91. The number of benzene rings is 1. The molecule has 1 fully saturated rings. The van der Waals surface area contributed by atoms with Crippen molar-refractivity contribution in [1.82, 2.24) is 10.2 Å². The monoisotopic (exact) mass is 350 g/mol. The summed E-state index contributed by atoms with van der Waals surface area (Å²) < 4.78 is 15.7. The van der Waals surface area contributed by atoms with Crippen LogP contribution in [-0.4, -0.2) is 63.8 Å². The number of carbonyl (C=O) groups excluding carboxylic acids is 2. The molecule has 2 rings (SSSR count). The van der Waals surface area contributed by atoms with E-state index in [1.165, 1.54) is 14.2 Å². The van der Waals surface area contributed by atoms with Crippen LogP contribution < -0.4 is 14.8 Å². The molecule has 0 spiro atoms. The predicted molar refractivity (Wildman–Crippen MR) is 93.1 cm³/mol. The summed E-state index contributed by atoms with van der Waals surface area (Å²) in [6.07, 6.45) is 0.974. The van der Waals surface area contributed by atoms with Gasteiger partial charge in [-0.2, -0.15) is 0 Å². The van der Waals surface area contributed by atoms with Gasteiger partial charge in [-0.25, -0.2) is 0 Å². The predicted octanol–water partition coefficient (Wildman–Crippen LogP) is 1.32. The minimum atomic E-state index is -0.324. The van der Waals surface area contributed by atoms with E-state index in [0.29, 0.717) is 42.7 Å². The molecule has 0 aromatic heterocycles. The molecule has 7 nitrogen and oxygen atoms in total. The summed E-state index contributed by atoms with van der Waals surface area (Å²) in [7, 11) is 3.04. The van der Waals surface area contributed by atoms with Crippen molar-refractivity contribution in [3.63, 3.8) is 0 Å². The molecule has 1 N–H and O–H groups in total. The molecule has 1 aliphatic heterocycles. The van der Waals surface area contributed by atoms with Crippen molar-refractivity contribution >= 4 is 11.8 Å². The fraction of sp³-hybridized carbons (Fsp3) is 0.556. The van der Waals surface area contributed by atoms with E-state index in [9.17, 15) is 9.59 Å². The van der Waals surface area contributed by atoms with Crippen LogP contribution in [0, 0.1) is 5.92 Å². The molecular weight excluding hydrogens is 324 g/mol. The Morgan fingerprint density at radius 2 is 2.04 bits per heavy atom. The number of carbonyl (C=O) groups is 2. The van der Waals surface area contributed by atoms with E-state index in [4.69, 9.17) is 14.2 Å². The van der Waals surface area contributed by atoms with Crippen LogP contribution in [0.4, 0.5) is 0 Å². The average Bonchev–Trinajstić information content (AvgIpc) is 3.16. The molecule has 7 heteroatoms. The van der Waals surface area contributed by atoms with Crippen LogP contribution in [0.2, 0.25) is 0 Å². The fourth-order valence-electron chi connectivity index (χ4n) is 2.79. The molecule has 1 aliphatic rings. The highest BCUT2D eigenvalue weighted by Crippen LogP contribution is 2.27. The van der Waals surface area contributed by atoms with E-state index in [1.807, 2.05) is 6.92 Å². The summed E-state index contributed by atoms with van der Waals surface area (Å²) in [4.78, 5) is 26.4. The standard InChI is InChI=1S/C18H26N2O5/c1-4-20(11-13-7-8-25-12-13)17(21)10-19-18(22)14-5-6-15(23-2)16(9-14)24-3/h5-6,9,13H,4,7-8,10-12H2,1-3H3,(H,19,22)/t13-/m1/s1. The number of nitrogens with zero attached hydrogens (tertiary/aromatic N) is 1. The number of likely N-dealkylation sites (N-methyl/N-ethyl adjacent to an activating group) is 1. The Bertz CT molecular complexity index is 599. The summed E-state index contributed by atoms with van der Waals surface area (Å²) in [6, 6.07) is 4.88. The van der Waals surface area contributed by atoms with Crippen molar-refractivity contribution < 1.29 is 23.8 Å². The Morgan fingerprint density at radius 3 is 2.64 bits per heavy atom. The first-order valence-corrected chi connectivity index (χ1v) is 8.44. The second-order valence-corrected chi connectivity index (χ2v) is 5.91. The minimum Gasteiger partial charge on any atom is -0.493 e. The topological polar surface area (TPSA) is 77.1 Å². The smallest absolute Gasteiger partial charge is 0.251 e. The van der Waals surface area contributed by atoms with Gasteiger partial charge in [-0.3, -0.25) is 9.59 Å². The van der Waals surface area contributed by atoms with Crippen molar-refractivity contribution in [3.8, 4) is 11.5 Å². The molecule has 25 heavy (non-hydrogen) atoms. The van der Waals surface area contributed by atoms with Crippen LogP contribution >= 0.6 is 0 Å². The lowest BCUT2D eigenvalue weighted by molar-refractivity contribution is -0.130. The van der Waals surface area contributed by atoms with Gasteiger partial charge >= 0.3 is 0 Å². The maximum absolute atomic E-state index is 12.3. The summed E-state index contributed by atoms with van der Waals surface area (Å²) in [5.41, 5.74) is 0.415. The van der Waals surface area contributed by atoms with Gasteiger partial charge in [0.25, 0.3) is 5.91 Å². The highest BCUT2D eigenvalue weighted by atomic mass is 16.5. The van der Waals surface area contributed by atoms with E-state index < -0.39 is 0 Å². The number of methoxy groups -OCH3 is 2. The van der Waals surface area contributed by atoms with Gasteiger partial charge in [0.1, 0.15) is 0 Å². The van der Waals surface area contributed by atoms with Gasteiger partial charge in [0.15, 0.2) is 11.5 Å². The lowest BCUT2D eigenvalue weighted by atomic mass is 10.1. The average molecular weight is 350 g/mol. The number of nitrogens with one attached hydrogen (secondary N) is 1. The lowest BCUT2D eigenvalue weighted by Crippen LogP contribution is -2.42. The van der Waals surface area contributed by atoms with Crippen LogP contribution in [0.15, 0.2) is 18.2 Å². The van der Waals surface area contributed by atoms with Gasteiger partial charge in [-0.1, -0.05) is 0 Å². The molecule has 1 saturated heterocycles. The maximum atomic E-state index is 12.3. The number of amides is 2. The Morgan fingerprint density at radius 1 is 1.28 bits per heavy atom. The Kier molecular flexibility index (Phi) is 7.06. The molecule has 0 unspecified atom stereocenters. The second kappa shape index (κ2) is 9.27. The number of hydrogen-bond donors (Lipinski definition) is 1. The Hall–Kier alpha value is -2.28. The molecular formula is C18H26N2O5. The SMILES string of the molecule is CCN(C[C@H]1CCOC1)C(=O)CNC(=O)c1ccc(OC)c(OC)c1. The molecule has 138 valence electrons. The largest absolute Gasteiger partial charge is 0.493 e. The molecule has 0 aliphatic carbocycles. The van der Waals surface area contributed by atoms with E-state index in [-0.39, 0.29) is 18.4 Å². The highest BCUT2D eigenvalue weighted by Gasteiger charge is 2.22. The maximum Gasteiger partial charge on any atom is 0.251 e. The normalized spacial score (nSPS) is 16.4. The van der Waals surface area contributed by atoms with E-state index >= 15 is 0 Å². The van der Waals surface area contributed by atoms with Gasteiger partial charge in [0.2, 0.25) is 5.91 Å². The zero-order valence-electron chi connectivity index (χ0n) is 15.0. The van der Waals surface area contributed by atoms with Gasteiger partial charge in [0.05, 0.1) is 27.4 Å². The number of ether oxygens (including phenoxy) is 3. The Labute approximate surface area is 148 Å². The van der Waals surface area contributed by atoms with Gasteiger partial charge < -0.3 is 24.4 Å². The third-order valence-corrected chi connectivity index (χ3v) is 4.28. The molecule has 2 amide bonds. The Balaban J connectivity index is 1.90. The van der Waals surface area contributed by atoms with Crippen molar-refractivity contribution in [2.45, 2.75) is 13.3 Å². The molecule has 0 radical (unpaired) electrons. The van der Waals surface area contributed by atoms with Crippen LogP contribution in [0.1, 0.15) is 23.7 Å². The zero-order valence-corrected chi connectivity index (χ0v) is 15.0. The van der Waals surface area contributed by atoms with Crippen molar-refractivity contribution in [2.75, 3.05) is 47.1 Å². The minimum absolute atomic E-state index is 0.0331. The summed E-state index contributed by atoms with van der Waals surface area (Å²) >= 11 is 0. The van der Waals surface area contributed by atoms with Crippen molar-refractivity contribution in [1.29, 1.82) is 0 Å². The molecule has 1 heterocycles. The first-order valence-electron chi connectivity index (χ1n) is 8.44. The van der Waals surface area contributed by atoms with Crippen molar-refractivity contribution in [3.05, 3.63) is 23.8 Å². The first kappa shape index (κ1) is 19.1. The van der Waals surface area contributed by atoms with Gasteiger partial charge in [-0.15, -0.1) is 0 Å². The molecule has 1 atom stereocenters. The van der Waals surface area contributed by atoms with Crippen LogP contribution in [0.3, 0.4) is 0 Å². The molecule has 1 aromatic rings. The van der Waals surface area contributed by atoms with Gasteiger partial charge in [0, 0.05) is 31.2 Å². The summed E-state index contributed by atoms with van der Waals surface area (Å²) in [5, 5.41) is 2.67. The quantitative estimate of drug-likeness (QED) is 0.765. The molecule has 1 aromatic carbocycles. The van der Waals surface area contributed by atoms with Gasteiger partial charge in [-0.05, 0) is 31.5 Å². The highest BCUT2D eigenvalue weighted by molar-refractivity contribution is 5.97. The zero-order chi connectivity index (χ0) is 18.2. The summed E-state index contributed by atoms with van der Waals surface area (Å²) in [5.74, 6) is 0.979. The van der Waals surface area contributed by atoms with Crippen LogP contribution in [0.5, 0.6) is 11.5 Å². The summed E-state index contributed by atoms with van der Waals surface area (Å²) in [6.45, 7) is 4.63. The van der Waals surface area contributed by atoms with Crippen LogP contribution in [0.25, 0.3) is 0 Å². The molecule has 0 bridgehead atoms. The number of rotatable bonds is 8. The third kappa shape index (κ3) is 5.09. The first-order chi connectivity index (χ1) is 12.1. The lowest BCUT2D eigenvalue weighted by Gasteiger charge is -2.24. The van der Waals surface area contributed by atoms with Crippen LogP contribution in [-0.2, 0) is 9.53 Å². The fourth-order valence-corrected chi connectivity index (χ4v) is 2.79. The van der Waals surface area contributed by atoms with Crippen molar-refractivity contribution in [2.24, 2.45) is 5.92 Å².